The Morgan fingerprint density at radius 2 is 2.04 bits per heavy atom. The van der Waals surface area contributed by atoms with Gasteiger partial charge in [-0.15, -0.1) is 0 Å². The molecule has 1 aliphatic heterocycles. The van der Waals surface area contributed by atoms with Crippen molar-refractivity contribution in [2.75, 3.05) is 13.1 Å². The van der Waals surface area contributed by atoms with Gasteiger partial charge in [0.25, 0.3) is 0 Å². The van der Waals surface area contributed by atoms with Crippen molar-refractivity contribution in [3.8, 4) is 5.75 Å². The molecule has 23 heavy (non-hydrogen) atoms. The van der Waals surface area contributed by atoms with Crippen molar-refractivity contribution in [3.63, 3.8) is 0 Å². The fourth-order valence-corrected chi connectivity index (χ4v) is 2.85. The normalized spacial score (nSPS) is 14.7. The smallest absolute Gasteiger partial charge is 0.242 e. The van der Waals surface area contributed by atoms with Crippen molar-refractivity contribution in [2.24, 2.45) is 0 Å². The van der Waals surface area contributed by atoms with Crippen LogP contribution in [0.3, 0.4) is 0 Å². The lowest BCUT2D eigenvalue weighted by Gasteiger charge is -2.39. The number of carbonyl (C=O) groups is 1. The predicted molar refractivity (Wildman–Crippen MR) is 87.2 cm³/mol. The predicted octanol–water partition coefficient (Wildman–Crippen LogP) is 2.33. The Bertz CT molecular complexity index is 822. The van der Waals surface area contributed by atoms with E-state index < -0.39 is 0 Å². The highest BCUT2D eigenvalue weighted by Gasteiger charge is 2.32. The molecule has 4 rings (SSSR count). The number of ether oxygens (including phenoxy) is 1. The van der Waals surface area contributed by atoms with Crippen LogP contribution in [0.25, 0.3) is 10.9 Å². The average molecular weight is 307 g/mol. The molecule has 0 radical (unpaired) electrons. The van der Waals surface area contributed by atoms with Crippen LogP contribution in [0.2, 0.25) is 0 Å². The van der Waals surface area contributed by atoms with E-state index >= 15 is 0 Å². The first kappa shape index (κ1) is 13.8. The zero-order valence-corrected chi connectivity index (χ0v) is 12.6. The van der Waals surface area contributed by atoms with Gasteiger partial charge < -0.3 is 14.2 Å². The summed E-state index contributed by atoms with van der Waals surface area (Å²) in [4.78, 5) is 18.2. The summed E-state index contributed by atoms with van der Waals surface area (Å²) in [5, 5.41) is 1.15. The highest BCUT2D eigenvalue weighted by Crippen LogP contribution is 2.19. The van der Waals surface area contributed by atoms with Crippen LogP contribution in [0.1, 0.15) is 0 Å². The van der Waals surface area contributed by atoms with E-state index in [4.69, 9.17) is 4.74 Å². The van der Waals surface area contributed by atoms with Gasteiger partial charge >= 0.3 is 0 Å². The van der Waals surface area contributed by atoms with Gasteiger partial charge in [0.1, 0.15) is 18.4 Å². The summed E-state index contributed by atoms with van der Waals surface area (Å²) < 4.78 is 7.77. The number of benzene rings is 1. The number of rotatable bonds is 4. The minimum atomic E-state index is 0.0598. The van der Waals surface area contributed by atoms with E-state index in [1.54, 1.807) is 12.4 Å². The van der Waals surface area contributed by atoms with Crippen LogP contribution in [0, 0.1) is 0 Å². The number of carbonyl (C=O) groups excluding carboxylic acids is 1. The second-order valence-corrected chi connectivity index (χ2v) is 5.73. The monoisotopic (exact) mass is 307 g/mol. The molecule has 0 spiro atoms. The minimum absolute atomic E-state index is 0.0598. The number of hydrogen-bond acceptors (Lipinski definition) is 3. The SMILES string of the molecule is O=C(Cn1ccc2ccccc21)N1CC(Oc2cccnc2)C1. The third-order valence-electron chi connectivity index (χ3n) is 4.12. The number of pyridine rings is 1. The largest absolute Gasteiger partial charge is 0.485 e. The zero-order chi connectivity index (χ0) is 15.6. The molecule has 0 N–H and O–H groups in total. The van der Waals surface area contributed by atoms with Crippen LogP contribution >= 0.6 is 0 Å². The van der Waals surface area contributed by atoms with E-state index in [9.17, 15) is 4.79 Å². The number of amides is 1. The Kier molecular flexibility index (Phi) is 3.46. The third-order valence-corrected chi connectivity index (χ3v) is 4.12. The van der Waals surface area contributed by atoms with E-state index in [-0.39, 0.29) is 12.0 Å². The lowest BCUT2D eigenvalue weighted by atomic mass is 10.1. The summed E-state index contributed by atoms with van der Waals surface area (Å²) in [7, 11) is 0. The van der Waals surface area contributed by atoms with E-state index in [0.717, 1.165) is 16.7 Å². The molecule has 5 nitrogen and oxygen atoms in total. The van der Waals surface area contributed by atoms with E-state index in [1.165, 1.54) is 0 Å². The van der Waals surface area contributed by atoms with Crippen LogP contribution in [-0.4, -0.2) is 39.6 Å². The summed E-state index contributed by atoms with van der Waals surface area (Å²) in [5.74, 6) is 0.874. The molecule has 1 aromatic carbocycles. The Morgan fingerprint density at radius 1 is 1.17 bits per heavy atom. The Morgan fingerprint density at radius 3 is 2.87 bits per heavy atom. The molecule has 1 aliphatic rings. The molecular weight excluding hydrogens is 290 g/mol. The number of fused-ring (bicyclic) bond motifs is 1. The summed E-state index contributed by atoms with van der Waals surface area (Å²) in [6.45, 7) is 1.63. The molecule has 3 heterocycles. The molecule has 5 heteroatoms. The zero-order valence-electron chi connectivity index (χ0n) is 12.6. The minimum Gasteiger partial charge on any atom is -0.485 e. The van der Waals surface area contributed by atoms with Gasteiger partial charge in [-0.25, -0.2) is 0 Å². The maximum Gasteiger partial charge on any atom is 0.242 e. The Hall–Kier alpha value is -2.82. The van der Waals surface area contributed by atoms with Gasteiger partial charge in [0.2, 0.25) is 5.91 Å². The summed E-state index contributed by atoms with van der Waals surface area (Å²) >= 11 is 0. The fourth-order valence-electron chi connectivity index (χ4n) is 2.85. The fraction of sp³-hybridized carbons (Fsp3) is 0.222. The number of hydrogen-bond donors (Lipinski definition) is 0. The quantitative estimate of drug-likeness (QED) is 0.743. The molecule has 116 valence electrons. The van der Waals surface area contributed by atoms with E-state index in [0.29, 0.717) is 19.6 Å². The van der Waals surface area contributed by atoms with Crippen molar-refractivity contribution in [3.05, 3.63) is 61.1 Å². The van der Waals surface area contributed by atoms with Crippen molar-refractivity contribution in [2.45, 2.75) is 12.6 Å². The van der Waals surface area contributed by atoms with Gasteiger partial charge in [0.05, 0.1) is 19.3 Å². The van der Waals surface area contributed by atoms with Gasteiger partial charge in [-0.2, -0.15) is 0 Å². The van der Waals surface area contributed by atoms with Crippen LogP contribution in [-0.2, 0) is 11.3 Å². The lowest BCUT2D eigenvalue weighted by molar-refractivity contribution is -0.140. The highest BCUT2D eigenvalue weighted by atomic mass is 16.5. The van der Waals surface area contributed by atoms with Gasteiger partial charge in [-0.05, 0) is 29.7 Å². The van der Waals surface area contributed by atoms with Crippen LogP contribution in [0.5, 0.6) is 5.75 Å². The number of aromatic nitrogens is 2. The molecular formula is C18H17N3O2. The van der Waals surface area contributed by atoms with Gasteiger partial charge in [0.15, 0.2) is 0 Å². The summed E-state index contributed by atoms with van der Waals surface area (Å²) in [6.07, 6.45) is 5.43. The van der Waals surface area contributed by atoms with Gasteiger partial charge in [-0.3, -0.25) is 9.78 Å². The van der Waals surface area contributed by atoms with E-state index in [1.807, 2.05) is 52.1 Å². The van der Waals surface area contributed by atoms with Crippen LogP contribution < -0.4 is 4.74 Å². The second-order valence-electron chi connectivity index (χ2n) is 5.73. The molecule has 0 atom stereocenters. The van der Waals surface area contributed by atoms with E-state index in [2.05, 4.69) is 11.1 Å². The lowest BCUT2D eigenvalue weighted by Crippen LogP contribution is -2.56. The molecule has 0 bridgehead atoms. The Balaban J connectivity index is 1.35. The van der Waals surface area contributed by atoms with Crippen molar-refractivity contribution in [1.82, 2.24) is 14.5 Å². The molecule has 0 aliphatic carbocycles. The highest BCUT2D eigenvalue weighted by molar-refractivity contribution is 5.83. The second kappa shape index (κ2) is 5.76. The maximum atomic E-state index is 12.4. The standard InChI is InChI=1S/C18H17N3O2/c22-18(13-20-9-7-14-4-1-2-6-17(14)20)21-11-16(12-21)23-15-5-3-8-19-10-15/h1-10,16H,11-13H2. The molecule has 0 saturated carbocycles. The van der Waals surface area contributed by atoms with Gasteiger partial charge in [0, 0.05) is 17.9 Å². The first-order chi connectivity index (χ1) is 11.3. The topological polar surface area (TPSA) is 47.4 Å². The maximum absolute atomic E-state index is 12.4. The van der Waals surface area contributed by atoms with Gasteiger partial charge in [-0.1, -0.05) is 18.2 Å². The summed E-state index contributed by atoms with van der Waals surface area (Å²) in [5.41, 5.74) is 1.09. The van der Waals surface area contributed by atoms with Crippen LogP contribution in [0.15, 0.2) is 61.1 Å². The first-order valence-electron chi connectivity index (χ1n) is 7.68. The molecule has 3 aromatic rings. The van der Waals surface area contributed by atoms with Crippen LogP contribution in [0.4, 0.5) is 0 Å². The third kappa shape index (κ3) is 2.77. The average Bonchev–Trinajstić information content (AvgIpc) is 2.94. The number of para-hydroxylation sites is 1. The Labute approximate surface area is 134 Å². The number of likely N-dealkylation sites (tertiary alicyclic amines) is 1. The van der Waals surface area contributed by atoms with Crippen molar-refractivity contribution in [1.29, 1.82) is 0 Å². The number of nitrogens with zero attached hydrogens (tertiary/aromatic N) is 3. The molecule has 1 fully saturated rings. The summed E-state index contributed by atoms with van der Waals surface area (Å²) in [6, 6.07) is 13.8. The van der Waals surface area contributed by atoms with Crippen molar-refractivity contribution < 1.29 is 9.53 Å². The molecule has 2 aromatic heterocycles. The molecule has 1 amide bonds. The van der Waals surface area contributed by atoms with Crippen molar-refractivity contribution >= 4 is 16.8 Å². The first-order valence-corrected chi connectivity index (χ1v) is 7.68. The molecule has 0 unspecified atom stereocenters. The molecule has 1 saturated heterocycles.